The fraction of sp³-hybridized carbons (Fsp3) is 0.222. The summed E-state index contributed by atoms with van der Waals surface area (Å²) in [5, 5.41) is 9.05. The highest BCUT2D eigenvalue weighted by Gasteiger charge is 2.46. The molecule has 0 radical (unpaired) electrons. The molecule has 0 aliphatic heterocycles. The van der Waals surface area contributed by atoms with Gasteiger partial charge in [0, 0.05) is 17.7 Å². The number of alkyl halides is 6. The molecule has 0 aromatic heterocycles. The number of ketones is 1. The molecule has 0 fully saturated rings. The molecule has 0 saturated heterocycles. The van der Waals surface area contributed by atoms with Crippen molar-refractivity contribution in [2.24, 2.45) is 0 Å². The zero-order valence-electron chi connectivity index (χ0n) is 8.97. The molecule has 0 N–H and O–H groups in total. The van der Waals surface area contributed by atoms with Gasteiger partial charge in [-0.05, 0) is 0 Å². The van der Waals surface area contributed by atoms with Crippen molar-refractivity contribution >= 4 is 23.1 Å². The SMILES string of the molecule is O=C(c1cc([N+](=O)[O-])cc(Cl)c1C(F)(F)F)C(F)(F)F. The Morgan fingerprint density at radius 2 is 1.65 bits per heavy atom. The Kier molecular flexibility index (Phi) is 3.99. The molecule has 1 aromatic carbocycles. The summed E-state index contributed by atoms with van der Waals surface area (Å²) in [4.78, 5) is 20.1. The van der Waals surface area contributed by atoms with Crippen molar-refractivity contribution in [2.45, 2.75) is 12.4 Å². The van der Waals surface area contributed by atoms with Crippen molar-refractivity contribution in [1.82, 2.24) is 0 Å². The molecule has 0 heterocycles. The van der Waals surface area contributed by atoms with E-state index in [0.717, 1.165) is 0 Å². The Labute approximate surface area is 111 Å². The number of nitrogens with zero attached hydrogens (tertiary/aromatic N) is 1. The molecule has 0 atom stereocenters. The summed E-state index contributed by atoms with van der Waals surface area (Å²) in [6, 6.07) is 0.113. The highest BCUT2D eigenvalue weighted by Crippen LogP contribution is 2.41. The predicted molar refractivity (Wildman–Crippen MR) is 53.5 cm³/mol. The van der Waals surface area contributed by atoms with Gasteiger partial charge in [-0.15, -0.1) is 0 Å². The van der Waals surface area contributed by atoms with Crippen LogP contribution in [-0.2, 0) is 6.18 Å². The summed E-state index contributed by atoms with van der Waals surface area (Å²) in [7, 11) is 0. The standard InChI is InChI=1S/C9H2ClF6NO3/c10-5-2-3(17(19)20)1-4(6(5)8(11,12)13)7(18)9(14,15)16/h1-2H. The third-order valence-corrected chi connectivity index (χ3v) is 2.37. The van der Waals surface area contributed by atoms with E-state index in [-0.39, 0.29) is 12.1 Å². The van der Waals surface area contributed by atoms with Gasteiger partial charge in [0.1, 0.15) is 0 Å². The molecular formula is C9H2ClF6NO3. The number of carbonyl (C=O) groups is 1. The lowest BCUT2D eigenvalue weighted by molar-refractivity contribution is -0.384. The summed E-state index contributed by atoms with van der Waals surface area (Å²) >= 11 is 5.11. The number of nitro benzene ring substituents is 1. The lowest BCUT2D eigenvalue weighted by Crippen LogP contribution is -2.26. The molecule has 110 valence electrons. The van der Waals surface area contributed by atoms with Gasteiger partial charge in [0.2, 0.25) is 0 Å². The average Bonchev–Trinajstić information content (AvgIpc) is 2.23. The average molecular weight is 322 g/mol. The lowest BCUT2D eigenvalue weighted by Gasteiger charge is -2.14. The van der Waals surface area contributed by atoms with Gasteiger partial charge < -0.3 is 0 Å². The van der Waals surface area contributed by atoms with Crippen LogP contribution in [-0.4, -0.2) is 16.9 Å². The Morgan fingerprint density at radius 3 is 2.00 bits per heavy atom. The summed E-state index contributed by atoms with van der Waals surface area (Å²) in [6.45, 7) is 0. The highest BCUT2D eigenvalue weighted by molar-refractivity contribution is 6.32. The van der Waals surface area contributed by atoms with Gasteiger partial charge in [0.25, 0.3) is 11.5 Å². The van der Waals surface area contributed by atoms with Crippen LogP contribution in [0.25, 0.3) is 0 Å². The van der Waals surface area contributed by atoms with Gasteiger partial charge in [0.05, 0.1) is 15.5 Å². The van der Waals surface area contributed by atoms with Crippen LogP contribution in [0.4, 0.5) is 32.0 Å². The molecule has 11 heteroatoms. The summed E-state index contributed by atoms with van der Waals surface area (Å²) in [5.41, 5.74) is -5.13. The molecule has 0 unspecified atom stereocenters. The number of halogens is 7. The Balaban J connectivity index is 3.69. The number of carbonyl (C=O) groups excluding carboxylic acids is 1. The second-order valence-electron chi connectivity index (χ2n) is 3.43. The number of hydrogen-bond donors (Lipinski definition) is 0. The van der Waals surface area contributed by atoms with E-state index in [1.54, 1.807) is 0 Å². The van der Waals surface area contributed by atoms with Gasteiger partial charge in [0.15, 0.2) is 0 Å². The van der Waals surface area contributed by atoms with Crippen molar-refractivity contribution in [3.8, 4) is 0 Å². The van der Waals surface area contributed by atoms with Crippen molar-refractivity contribution in [1.29, 1.82) is 0 Å². The molecule has 1 rings (SSSR count). The van der Waals surface area contributed by atoms with Crippen molar-refractivity contribution in [3.63, 3.8) is 0 Å². The summed E-state index contributed by atoms with van der Waals surface area (Å²) < 4.78 is 74.6. The van der Waals surface area contributed by atoms with Crippen LogP contribution in [0.15, 0.2) is 12.1 Å². The fourth-order valence-corrected chi connectivity index (χ4v) is 1.64. The maximum absolute atomic E-state index is 12.6. The van der Waals surface area contributed by atoms with Crippen molar-refractivity contribution < 1.29 is 36.1 Å². The molecule has 0 spiro atoms. The third kappa shape index (κ3) is 3.18. The molecule has 4 nitrogen and oxygen atoms in total. The molecule has 0 bridgehead atoms. The maximum Gasteiger partial charge on any atom is 0.454 e. The molecule has 0 aliphatic rings. The van der Waals surface area contributed by atoms with Crippen molar-refractivity contribution in [3.05, 3.63) is 38.4 Å². The quantitative estimate of drug-likeness (QED) is 0.358. The van der Waals surface area contributed by atoms with Crippen LogP contribution in [0, 0.1) is 10.1 Å². The van der Waals surface area contributed by atoms with Gasteiger partial charge >= 0.3 is 12.4 Å². The van der Waals surface area contributed by atoms with E-state index in [1.165, 1.54) is 0 Å². The van der Waals surface area contributed by atoms with Gasteiger partial charge in [-0.1, -0.05) is 11.6 Å². The zero-order chi connectivity index (χ0) is 15.9. The van der Waals surface area contributed by atoms with Crippen molar-refractivity contribution in [2.75, 3.05) is 0 Å². The number of Topliss-reactive ketones (excluding diaryl/α,β-unsaturated/α-hetero) is 1. The Hall–Kier alpha value is -1.84. The monoisotopic (exact) mass is 321 g/mol. The fourth-order valence-electron chi connectivity index (χ4n) is 1.32. The first-order chi connectivity index (χ1) is 8.85. The van der Waals surface area contributed by atoms with E-state index in [1.807, 2.05) is 0 Å². The zero-order valence-corrected chi connectivity index (χ0v) is 9.73. The molecule has 0 saturated carbocycles. The van der Waals surface area contributed by atoms with E-state index in [4.69, 9.17) is 11.6 Å². The second-order valence-corrected chi connectivity index (χ2v) is 3.84. The Morgan fingerprint density at radius 1 is 1.15 bits per heavy atom. The summed E-state index contributed by atoms with van der Waals surface area (Å²) in [5.74, 6) is -2.87. The first kappa shape index (κ1) is 16.2. The number of rotatable bonds is 2. The Bertz CT molecular complexity index is 580. The second kappa shape index (κ2) is 4.93. The maximum atomic E-state index is 12.6. The minimum Gasteiger partial charge on any atom is -0.284 e. The molecule has 1 aromatic rings. The molecule has 20 heavy (non-hydrogen) atoms. The smallest absolute Gasteiger partial charge is 0.284 e. The first-order valence-corrected chi connectivity index (χ1v) is 4.90. The predicted octanol–water partition coefficient (Wildman–Crippen LogP) is 4.01. The topological polar surface area (TPSA) is 60.2 Å². The van der Waals surface area contributed by atoms with Crippen LogP contribution in [0.3, 0.4) is 0 Å². The van der Waals surface area contributed by atoms with E-state index in [0.29, 0.717) is 0 Å². The number of non-ortho nitro benzene ring substituents is 1. The largest absolute Gasteiger partial charge is 0.454 e. The molecule has 0 aliphatic carbocycles. The van der Waals surface area contributed by atoms with E-state index >= 15 is 0 Å². The highest BCUT2D eigenvalue weighted by atomic mass is 35.5. The number of hydrogen-bond acceptors (Lipinski definition) is 3. The van der Waals surface area contributed by atoms with Crippen LogP contribution in [0.5, 0.6) is 0 Å². The minimum absolute atomic E-state index is 0.107. The summed E-state index contributed by atoms with van der Waals surface area (Å²) in [6.07, 6.45) is -11.0. The lowest BCUT2D eigenvalue weighted by atomic mass is 10.0. The van der Waals surface area contributed by atoms with E-state index in [2.05, 4.69) is 0 Å². The third-order valence-electron chi connectivity index (χ3n) is 2.07. The minimum atomic E-state index is -5.63. The van der Waals surface area contributed by atoms with Crippen LogP contribution in [0.2, 0.25) is 5.02 Å². The van der Waals surface area contributed by atoms with Crippen LogP contribution in [0.1, 0.15) is 15.9 Å². The number of benzene rings is 1. The van der Waals surface area contributed by atoms with E-state index in [9.17, 15) is 41.3 Å². The normalized spacial score (nSPS) is 12.3. The number of nitro groups is 1. The van der Waals surface area contributed by atoms with Gasteiger partial charge in [-0.2, -0.15) is 26.3 Å². The molecule has 0 amide bonds. The molecular weight excluding hydrogens is 320 g/mol. The first-order valence-electron chi connectivity index (χ1n) is 4.52. The van der Waals surface area contributed by atoms with E-state index < -0.39 is 44.9 Å². The van der Waals surface area contributed by atoms with Gasteiger partial charge in [-0.25, -0.2) is 0 Å². The van der Waals surface area contributed by atoms with Crippen LogP contribution >= 0.6 is 11.6 Å². The van der Waals surface area contributed by atoms with Crippen LogP contribution < -0.4 is 0 Å². The van der Waals surface area contributed by atoms with Gasteiger partial charge in [-0.3, -0.25) is 14.9 Å².